The lowest BCUT2D eigenvalue weighted by atomic mass is 9.74. The molecule has 0 amide bonds. The lowest BCUT2D eigenvalue weighted by Crippen LogP contribution is -2.48. The van der Waals surface area contributed by atoms with Crippen molar-refractivity contribution in [2.24, 2.45) is 4.99 Å². The molecule has 2 heterocycles. The zero-order valence-corrected chi connectivity index (χ0v) is 16.9. The molecular formula is C20H26ClN3OS. The van der Waals surface area contributed by atoms with Gasteiger partial charge in [-0.15, -0.1) is 0 Å². The maximum atomic E-state index is 6.55. The zero-order chi connectivity index (χ0) is 18.4. The molecule has 1 saturated heterocycles. The predicted octanol–water partition coefficient (Wildman–Crippen LogP) is 4.16. The Kier molecular flexibility index (Phi) is 6.57. The summed E-state index contributed by atoms with van der Waals surface area (Å²) in [6.07, 6.45) is 1.91. The average Bonchev–Trinajstić information content (AvgIpc) is 3.16. The Morgan fingerprint density at radius 2 is 2.08 bits per heavy atom. The van der Waals surface area contributed by atoms with E-state index in [0.717, 1.165) is 50.1 Å². The first-order chi connectivity index (χ1) is 12.6. The SMILES string of the molecule is CN=C(NCC1(c2ccccc2Cl)CCOCC1)N(C)Cc1ccsc1. The molecule has 4 nitrogen and oxygen atoms in total. The molecular weight excluding hydrogens is 366 g/mol. The summed E-state index contributed by atoms with van der Waals surface area (Å²) < 4.78 is 5.63. The predicted molar refractivity (Wildman–Crippen MR) is 110 cm³/mol. The van der Waals surface area contributed by atoms with Gasteiger partial charge in [0, 0.05) is 50.8 Å². The smallest absolute Gasteiger partial charge is 0.193 e. The highest BCUT2D eigenvalue weighted by Gasteiger charge is 2.36. The van der Waals surface area contributed by atoms with Crippen molar-refractivity contribution in [1.82, 2.24) is 10.2 Å². The van der Waals surface area contributed by atoms with Gasteiger partial charge in [0.25, 0.3) is 0 Å². The maximum Gasteiger partial charge on any atom is 0.193 e. The molecule has 1 fully saturated rings. The lowest BCUT2D eigenvalue weighted by molar-refractivity contribution is 0.0512. The van der Waals surface area contributed by atoms with Gasteiger partial charge in [0.1, 0.15) is 0 Å². The number of aliphatic imine (C=N–C) groups is 1. The third kappa shape index (κ3) is 4.40. The van der Waals surface area contributed by atoms with E-state index in [2.05, 4.69) is 51.2 Å². The number of thiophene rings is 1. The van der Waals surface area contributed by atoms with Crippen LogP contribution in [-0.4, -0.2) is 44.7 Å². The fourth-order valence-electron chi connectivity index (χ4n) is 3.56. The van der Waals surface area contributed by atoms with Crippen molar-refractivity contribution in [3.63, 3.8) is 0 Å². The molecule has 26 heavy (non-hydrogen) atoms. The lowest BCUT2D eigenvalue weighted by Gasteiger charge is -2.39. The zero-order valence-electron chi connectivity index (χ0n) is 15.4. The van der Waals surface area contributed by atoms with E-state index in [4.69, 9.17) is 16.3 Å². The van der Waals surface area contributed by atoms with E-state index < -0.39 is 0 Å². The van der Waals surface area contributed by atoms with Crippen molar-refractivity contribution in [3.05, 3.63) is 57.2 Å². The molecule has 1 aliphatic rings. The normalized spacial score (nSPS) is 17.1. The molecule has 0 atom stereocenters. The number of benzene rings is 1. The summed E-state index contributed by atoms with van der Waals surface area (Å²) >= 11 is 8.27. The molecule has 6 heteroatoms. The number of nitrogens with zero attached hydrogens (tertiary/aromatic N) is 2. The Bertz CT molecular complexity index is 726. The van der Waals surface area contributed by atoms with Crippen LogP contribution in [0.1, 0.15) is 24.0 Å². The fourth-order valence-corrected chi connectivity index (χ4v) is 4.56. The van der Waals surface area contributed by atoms with E-state index in [0.29, 0.717) is 0 Å². The van der Waals surface area contributed by atoms with Gasteiger partial charge in [-0.2, -0.15) is 11.3 Å². The Balaban J connectivity index is 1.74. The van der Waals surface area contributed by atoms with Crippen molar-refractivity contribution in [1.29, 1.82) is 0 Å². The van der Waals surface area contributed by atoms with Gasteiger partial charge in [0.2, 0.25) is 0 Å². The van der Waals surface area contributed by atoms with Crippen molar-refractivity contribution in [2.75, 3.05) is 33.9 Å². The molecule has 1 N–H and O–H groups in total. The fraction of sp³-hybridized carbons (Fsp3) is 0.450. The number of halogens is 1. The van der Waals surface area contributed by atoms with E-state index in [9.17, 15) is 0 Å². The molecule has 0 radical (unpaired) electrons. The second-order valence-corrected chi connectivity index (χ2v) is 7.95. The van der Waals surface area contributed by atoms with Gasteiger partial charge in [-0.1, -0.05) is 29.8 Å². The Morgan fingerprint density at radius 1 is 1.31 bits per heavy atom. The molecule has 0 aliphatic carbocycles. The first kappa shape index (κ1) is 19.2. The van der Waals surface area contributed by atoms with Crippen LogP contribution < -0.4 is 5.32 Å². The summed E-state index contributed by atoms with van der Waals surface area (Å²) in [6, 6.07) is 10.3. The molecule has 0 unspecified atom stereocenters. The van der Waals surface area contributed by atoms with Gasteiger partial charge in [-0.25, -0.2) is 0 Å². The molecule has 0 bridgehead atoms. The second kappa shape index (κ2) is 8.89. The standard InChI is InChI=1S/C20H26ClN3OS/c1-22-19(24(2)13-16-7-12-26-14-16)23-15-20(8-10-25-11-9-20)17-5-3-4-6-18(17)21/h3-7,12,14H,8-11,13,15H2,1-2H3,(H,22,23). The first-order valence-electron chi connectivity index (χ1n) is 8.90. The van der Waals surface area contributed by atoms with Crippen LogP contribution in [0.15, 0.2) is 46.1 Å². The van der Waals surface area contributed by atoms with E-state index in [1.54, 1.807) is 11.3 Å². The van der Waals surface area contributed by atoms with Crippen LogP contribution in [0.4, 0.5) is 0 Å². The van der Waals surface area contributed by atoms with Gasteiger partial charge in [-0.05, 0) is 46.9 Å². The maximum absolute atomic E-state index is 6.55. The number of nitrogens with one attached hydrogen (secondary N) is 1. The molecule has 3 rings (SSSR count). The molecule has 2 aromatic rings. The number of guanidine groups is 1. The average molecular weight is 392 g/mol. The number of hydrogen-bond acceptors (Lipinski definition) is 3. The molecule has 140 valence electrons. The first-order valence-corrected chi connectivity index (χ1v) is 10.2. The highest BCUT2D eigenvalue weighted by Crippen LogP contribution is 2.38. The molecule has 0 saturated carbocycles. The van der Waals surface area contributed by atoms with Crippen LogP contribution in [0, 0.1) is 0 Å². The largest absolute Gasteiger partial charge is 0.381 e. The second-order valence-electron chi connectivity index (χ2n) is 6.76. The molecule has 1 aliphatic heterocycles. The van der Waals surface area contributed by atoms with Gasteiger partial charge < -0.3 is 15.0 Å². The summed E-state index contributed by atoms with van der Waals surface area (Å²) in [5, 5.41) is 8.69. The number of rotatable bonds is 5. The van der Waals surface area contributed by atoms with E-state index in [1.165, 1.54) is 11.1 Å². The van der Waals surface area contributed by atoms with Crippen molar-refractivity contribution < 1.29 is 4.74 Å². The van der Waals surface area contributed by atoms with E-state index in [-0.39, 0.29) is 5.41 Å². The van der Waals surface area contributed by atoms with Crippen LogP contribution in [0.2, 0.25) is 5.02 Å². The Morgan fingerprint density at radius 3 is 2.73 bits per heavy atom. The highest BCUT2D eigenvalue weighted by molar-refractivity contribution is 7.07. The van der Waals surface area contributed by atoms with Crippen LogP contribution >= 0.6 is 22.9 Å². The van der Waals surface area contributed by atoms with Crippen molar-refractivity contribution in [3.8, 4) is 0 Å². The van der Waals surface area contributed by atoms with Crippen LogP contribution in [0.25, 0.3) is 0 Å². The summed E-state index contributed by atoms with van der Waals surface area (Å²) in [5.41, 5.74) is 2.47. The van der Waals surface area contributed by atoms with Crippen molar-refractivity contribution >= 4 is 28.9 Å². The quantitative estimate of drug-likeness (QED) is 0.614. The van der Waals surface area contributed by atoms with Gasteiger partial charge in [0.15, 0.2) is 5.96 Å². The minimum atomic E-state index is -0.0320. The summed E-state index contributed by atoms with van der Waals surface area (Å²) in [4.78, 5) is 6.63. The van der Waals surface area contributed by atoms with E-state index in [1.807, 2.05) is 19.2 Å². The van der Waals surface area contributed by atoms with Gasteiger partial charge in [-0.3, -0.25) is 4.99 Å². The molecule has 1 aromatic carbocycles. The number of ether oxygens (including phenoxy) is 1. The topological polar surface area (TPSA) is 36.9 Å². The number of hydrogen-bond donors (Lipinski definition) is 1. The summed E-state index contributed by atoms with van der Waals surface area (Å²) in [5.74, 6) is 0.897. The van der Waals surface area contributed by atoms with Crippen LogP contribution in [-0.2, 0) is 16.7 Å². The highest BCUT2D eigenvalue weighted by atomic mass is 35.5. The van der Waals surface area contributed by atoms with Crippen LogP contribution in [0.5, 0.6) is 0 Å². The van der Waals surface area contributed by atoms with E-state index >= 15 is 0 Å². The minimum absolute atomic E-state index is 0.0320. The molecule has 1 aromatic heterocycles. The van der Waals surface area contributed by atoms with Gasteiger partial charge in [0.05, 0.1) is 0 Å². The third-order valence-corrected chi connectivity index (χ3v) is 6.11. The Hall–Kier alpha value is -1.56. The summed E-state index contributed by atoms with van der Waals surface area (Å²) in [7, 11) is 3.90. The minimum Gasteiger partial charge on any atom is -0.381 e. The van der Waals surface area contributed by atoms with Crippen LogP contribution in [0.3, 0.4) is 0 Å². The van der Waals surface area contributed by atoms with Crippen molar-refractivity contribution in [2.45, 2.75) is 24.8 Å². The third-order valence-electron chi connectivity index (χ3n) is 5.05. The molecule has 0 spiro atoms. The Labute approximate surface area is 164 Å². The summed E-state index contributed by atoms with van der Waals surface area (Å²) in [6.45, 7) is 3.15. The monoisotopic (exact) mass is 391 g/mol. The van der Waals surface area contributed by atoms with Gasteiger partial charge >= 0.3 is 0 Å².